The van der Waals surface area contributed by atoms with Gasteiger partial charge in [-0.05, 0) is 42.0 Å². The molecule has 29 heavy (non-hydrogen) atoms. The predicted octanol–water partition coefficient (Wildman–Crippen LogP) is 4.52. The third-order valence-electron chi connectivity index (χ3n) is 5.71. The van der Waals surface area contributed by atoms with Gasteiger partial charge < -0.3 is 4.98 Å². The molecule has 7 heteroatoms. The third kappa shape index (κ3) is 4.36. The van der Waals surface area contributed by atoms with Crippen LogP contribution >= 0.6 is 11.6 Å². The number of halogens is 1. The van der Waals surface area contributed by atoms with Gasteiger partial charge in [-0.3, -0.25) is 0 Å². The molecule has 1 aliphatic heterocycles. The number of hydrogen-bond acceptors (Lipinski definition) is 2. The lowest BCUT2D eigenvalue weighted by Gasteiger charge is -2.30. The van der Waals surface area contributed by atoms with E-state index >= 15 is 0 Å². The zero-order valence-electron chi connectivity index (χ0n) is 16.4. The fourth-order valence-corrected chi connectivity index (χ4v) is 5.82. The number of aromatic nitrogens is 1. The summed E-state index contributed by atoms with van der Waals surface area (Å²) in [5.74, 6) is 0.185. The lowest BCUT2D eigenvalue weighted by molar-refractivity contribution is 0.278. The van der Waals surface area contributed by atoms with Crippen LogP contribution in [-0.4, -0.2) is 37.3 Å². The highest BCUT2D eigenvalue weighted by Crippen LogP contribution is 2.34. The molecule has 0 aliphatic carbocycles. The average molecular weight is 432 g/mol. The molecule has 1 aromatic heterocycles. The van der Waals surface area contributed by atoms with E-state index in [0.29, 0.717) is 24.0 Å². The van der Waals surface area contributed by atoms with Gasteiger partial charge in [0.05, 0.1) is 0 Å². The second-order valence-electron chi connectivity index (χ2n) is 7.82. The highest BCUT2D eigenvalue weighted by atomic mass is 35.5. The Hall–Kier alpha value is -1.86. The molecule has 2 atom stereocenters. The van der Waals surface area contributed by atoms with Gasteiger partial charge in [0.2, 0.25) is 0 Å². The summed E-state index contributed by atoms with van der Waals surface area (Å²) in [5, 5.41) is 1.71. The van der Waals surface area contributed by atoms with Gasteiger partial charge in [0.25, 0.3) is 10.2 Å². The van der Waals surface area contributed by atoms with E-state index in [1.165, 1.54) is 0 Å². The highest BCUT2D eigenvalue weighted by molar-refractivity contribution is 7.87. The molecule has 1 saturated heterocycles. The number of aromatic amines is 1. The monoisotopic (exact) mass is 431 g/mol. The fraction of sp³-hybridized carbons (Fsp3) is 0.364. The van der Waals surface area contributed by atoms with E-state index in [1.54, 1.807) is 4.31 Å². The predicted molar refractivity (Wildman–Crippen MR) is 118 cm³/mol. The Morgan fingerprint density at radius 1 is 1.17 bits per heavy atom. The molecule has 1 fully saturated rings. The number of nitrogens with one attached hydrogen (secondary N) is 2. The van der Waals surface area contributed by atoms with Gasteiger partial charge in [0.15, 0.2) is 0 Å². The molecule has 0 radical (unpaired) electrons. The molecule has 5 nitrogen and oxygen atoms in total. The van der Waals surface area contributed by atoms with Gasteiger partial charge in [0, 0.05) is 47.7 Å². The molecular formula is C22H26ClN3O2S. The van der Waals surface area contributed by atoms with Crippen LogP contribution in [0.3, 0.4) is 0 Å². The maximum Gasteiger partial charge on any atom is 0.279 e. The molecule has 0 amide bonds. The summed E-state index contributed by atoms with van der Waals surface area (Å²) in [4.78, 5) is 3.29. The first-order chi connectivity index (χ1) is 14.0. The maximum atomic E-state index is 13.0. The summed E-state index contributed by atoms with van der Waals surface area (Å²) < 4.78 is 30.3. The van der Waals surface area contributed by atoms with Crippen molar-refractivity contribution in [3.05, 3.63) is 70.9 Å². The smallest absolute Gasteiger partial charge is 0.279 e. The van der Waals surface area contributed by atoms with Gasteiger partial charge in [-0.1, -0.05) is 54.9 Å². The Morgan fingerprint density at radius 2 is 1.93 bits per heavy atom. The van der Waals surface area contributed by atoms with Gasteiger partial charge >= 0.3 is 0 Å². The standard InChI is InChI=1S/C22H26ClN3O2S/c1-16-7-6-12-26(15-16)29(27,28)25-14-20(17-8-2-4-10-21(17)23)19-13-24-22-11-5-3-9-18(19)22/h2-5,8-11,13,16,20,24-25H,6-7,12,14-15H2,1H3. The van der Waals surface area contributed by atoms with Crippen LogP contribution in [0.1, 0.15) is 36.8 Å². The minimum absolute atomic E-state index is 0.197. The van der Waals surface area contributed by atoms with Crippen LogP contribution in [0.25, 0.3) is 10.9 Å². The number of benzene rings is 2. The Labute approximate surface area is 177 Å². The van der Waals surface area contributed by atoms with Crippen LogP contribution in [0.15, 0.2) is 54.7 Å². The summed E-state index contributed by atoms with van der Waals surface area (Å²) in [7, 11) is -3.55. The van der Waals surface area contributed by atoms with Crippen molar-refractivity contribution in [1.29, 1.82) is 0 Å². The van der Waals surface area contributed by atoms with Gasteiger partial charge in [0.1, 0.15) is 0 Å². The van der Waals surface area contributed by atoms with Crippen molar-refractivity contribution in [3.8, 4) is 0 Å². The zero-order chi connectivity index (χ0) is 20.4. The van der Waals surface area contributed by atoms with Crippen molar-refractivity contribution in [2.24, 2.45) is 5.92 Å². The van der Waals surface area contributed by atoms with Gasteiger partial charge in [-0.15, -0.1) is 0 Å². The molecular weight excluding hydrogens is 406 g/mol. The number of H-pyrrole nitrogens is 1. The van der Waals surface area contributed by atoms with Crippen molar-refractivity contribution in [1.82, 2.24) is 14.0 Å². The summed E-state index contributed by atoms with van der Waals surface area (Å²) in [6.07, 6.45) is 3.93. The second kappa shape index (κ2) is 8.48. The topological polar surface area (TPSA) is 65.2 Å². The summed E-state index contributed by atoms with van der Waals surface area (Å²) in [6, 6.07) is 15.7. The number of piperidine rings is 1. The molecule has 4 rings (SSSR count). The van der Waals surface area contributed by atoms with Crippen LogP contribution in [0, 0.1) is 5.92 Å². The number of nitrogens with zero attached hydrogens (tertiary/aromatic N) is 1. The van der Waals surface area contributed by atoms with Crippen molar-refractivity contribution in [2.45, 2.75) is 25.7 Å². The Kier molecular flexibility index (Phi) is 5.97. The Bertz CT molecular complexity index is 1100. The molecule has 2 unspecified atom stereocenters. The van der Waals surface area contributed by atoms with Crippen molar-refractivity contribution < 1.29 is 8.42 Å². The van der Waals surface area contributed by atoms with E-state index in [1.807, 2.05) is 54.7 Å². The van der Waals surface area contributed by atoms with Crippen LogP contribution in [0.2, 0.25) is 5.02 Å². The summed E-state index contributed by atoms with van der Waals surface area (Å²) in [5.41, 5.74) is 2.96. The molecule has 2 aromatic carbocycles. The first kappa shape index (κ1) is 20.4. The van der Waals surface area contributed by atoms with Gasteiger partial charge in [-0.2, -0.15) is 12.7 Å². The van der Waals surface area contributed by atoms with Crippen molar-refractivity contribution in [2.75, 3.05) is 19.6 Å². The lowest BCUT2D eigenvalue weighted by atomic mass is 9.91. The minimum Gasteiger partial charge on any atom is -0.361 e. The summed E-state index contributed by atoms with van der Waals surface area (Å²) in [6.45, 7) is 3.49. The first-order valence-electron chi connectivity index (χ1n) is 10.0. The van der Waals surface area contributed by atoms with Crippen molar-refractivity contribution in [3.63, 3.8) is 0 Å². The molecule has 0 saturated carbocycles. The van der Waals surface area contributed by atoms with E-state index in [-0.39, 0.29) is 12.5 Å². The van der Waals surface area contributed by atoms with Gasteiger partial charge in [-0.25, -0.2) is 4.72 Å². The van der Waals surface area contributed by atoms with E-state index in [9.17, 15) is 8.42 Å². The average Bonchev–Trinajstić information content (AvgIpc) is 3.13. The molecule has 0 spiro atoms. The third-order valence-corrected chi connectivity index (χ3v) is 7.59. The zero-order valence-corrected chi connectivity index (χ0v) is 18.0. The Balaban J connectivity index is 1.66. The molecule has 0 bridgehead atoms. The van der Waals surface area contributed by atoms with Crippen LogP contribution in [0.5, 0.6) is 0 Å². The molecule has 3 aromatic rings. The lowest BCUT2D eigenvalue weighted by Crippen LogP contribution is -2.46. The first-order valence-corrected chi connectivity index (χ1v) is 11.8. The van der Waals surface area contributed by atoms with E-state index < -0.39 is 10.2 Å². The molecule has 1 aliphatic rings. The SMILES string of the molecule is CC1CCCN(S(=O)(=O)NCC(c2ccccc2Cl)c2c[nH]c3ccccc23)C1. The van der Waals surface area contributed by atoms with E-state index in [2.05, 4.69) is 16.6 Å². The van der Waals surface area contributed by atoms with Crippen LogP contribution in [0.4, 0.5) is 0 Å². The molecule has 2 N–H and O–H groups in total. The maximum absolute atomic E-state index is 13.0. The van der Waals surface area contributed by atoms with E-state index in [4.69, 9.17) is 11.6 Å². The van der Waals surface area contributed by atoms with Crippen LogP contribution in [-0.2, 0) is 10.2 Å². The number of rotatable bonds is 6. The quantitative estimate of drug-likeness (QED) is 0.602. The fourth-order valence-electron chi connectivity index (χ4n) is 4.17. The number of para-hydroxylation sites is 1. The van der Waals surface area contributed by atoms with E-state index in [0.717, 1.165) is 34.9 Å². The number of hydrogen-bond donors (Lipinski definition) is 2. The molecule has 154 valence electrons. The number of fused-ring (bicyclic) bond motifs is 1. The second-order valence-corrected chi connectivity index (χ2v) is 9.99. The normalized spacial score (nSPS) is 19.4. The summed E-state index contributed by atoms with van der Waals surface area (Å²) >= 11 is 6.51. The highest BCUT2D eigenvalue weighted by Gasteiger charge is 2.29. The Morgan fingerprint density at radius 3 is 2.72 bits per heavy atom. The largest absolute Gasteiger partial charge is 0.361 e. The minimum atomic E-state index is -3.55. The van der Waals surface area contributed by atoms with Crippen molar-refractivity contribution >= 4 is 32.7 Å². The molecule has 2 heterocycles. The van der Waals surface area contributed by atoms with Crippen LogP contribution < -0.4 is 4.72 Å².